The Balaban J connectivity index is 2.32. The molecule has 0 radical (unpaired) electrons. The average Bonchev–Trinajstić information content (AvgIpc) is 2.60. The summed E-state index contributed by atoms with van der Waals surface area (Å²) in [4.78, 5) is 11.1. The number of benzene rings is 1. The molecule has 1 saturated carbocycles. The molecular formula is C20H29F3N2O4. The quantitative estimate of drug-likeness (QED) is 0.567. The van der Waals surface area contributed by atoms with E-state index in [9.17, 15) is 28.4 Å². The third-order valence-corrected chi connectivity index (χ3v) is 6.08. The van der Waals surface area contributed by atoms with E-state index in [0.29, 0.717) is 23.3 Å². The Hall–Kier alpha value is -1.84. The summed E-state index contributed by atoms with van der Waals surface area (Å²) in [6, 6.07) is 3.17. The van der Waals surface area contributed by atoms with E-state index >= 15 is 0 Å². The van der Waals surface area contributed by atoms with Crippen LogP contribution in [-0.4, -0.2) is 30.9 Å². The standard InChI is InChI=1S/C20H29F3N2O4/c1-11(2)12(3)14-5-6-15(14)16-10-17(25(27)28)18(29-4)9-13(16)7-8-24-19(26)20(21,22)23/h9-12,14-15,25,27H,5-8H2,1-4H3,(H,24,26)/t12-,14-,15?/m0/s1. The van der Waals surface area contributed by atoms with Crippen LogP contribution < -0.4 is 15.3 Å². The highest BCUT2D eigenvalue weighted by Crippen LogP contribution is 2.50. The van der Waals surface area contributed by atoms with Gasteiger partial charge in [0.2, 0.25) is 5.69 Å². The average molecular weight is 418 g/mol. The molecule has 29 heavy (non-hydrogen) atoms. The highest BCUT2D eigenvalue weighted by atomic mass is 19.4. The number of hydrogen-bond donors (Lipinski definition) is 3. The number of quaternary nitrogens is 1. The largest absolute Gasteiger partial charge is 0.595 e. The molecule has 0 saturated heterocycles. The molecule has 1 aromatic carbocycles. The van der Waals surface area contributed by atoms with E-state index in [2.05, 4.69) is 20.8 Å². The van der Waals surface area contributed by atoms with Gasteiger partial charge in [-0.3, -0.25) is 4.79 Å². The van der Waals surface area contributed by atoms with Gasteiger partial charge in [0.05, 0.1) is 7.11 Å². The van der Waals surface area contributed by atoms with Crippen molar-refractivity contribution < 1.29 is 33.1 Å². The SMILES string of the molecule is COc1cc(CCNC(=O)C(F)(F)F)c(C2CC[C@H]2[C@@H](C)C(C)C)cc1[NH+]([O-])O. The van der Waals surface area contributed by atoms with Crippen molar-refractivity contribution in [3.63, 3.8) is 0 Å². The van der Waals surface area contributed by atoms with Crippen molar-refractivity contribution in [2.75, 3.05) is 13.7 Å². The van der Waals surface area contributed by atoms with Crippen LogP contribution in [0.25, 0.3) is 0 Å². The van der Waals surface area contributed by atoms with E-state index in [0.717, 1.165) is 18.4 Å². The van der Waals surface area contributed by atoms with E-state index in [4.69, 9.17) is 4.74 Å². The zero-order valence-electron chi connectivity index (χ0n) is 17.1. The molecule has 2 rings (SSSR count). The summed E-state index contributed by atoms with van der Waals surface area (Å²) in [5, 5.41) is 21.9. The lowest BCUT2D eigenvalue weighted by Crippen LogP contribution is -2.99. The Bertz CT molecular complexity index is 722. The minimum absolute atomic E-state index is 0.0356. The number of alkyl halides is 3. The molecule has 2 unspecified atom stereocenters. The van der Waals surface area contributed by atoms with Gasteiger partial charge in [0, 0.05) is 12.6 Å². The molecule has 0 aliphatic heterocycles. The van der Waals surface area contributed by atoms with Crippen molar-refractivity contribution in [1.82, 2.24) is 5.32 Å². The van der Waals surface area contributed by atoms with Gasteiger partial charge in [0.25, 0.3) is 0 Å². The number of halogens is 3. The molecule has 164 valence electrons. The Labute approximate surface area is 168 Å². The first-order chi connectivity index (χ1) is 13.5. The van der Waals surface area contributed by atoms with Gasteiger partial charge in [0.1, 0.15) is 0 Å². The molecule has 1 aliphatic carbocycles. The predicted molar refractivity (Wildman–Crippen MR) is 101 cm³/mol. The maximum absolute atomic E-state index is 12.4. The van der Waals surface area contributed by atoms with Crippen LogP contribution in [0.4, 0.5) is 18.9 Å². The molecule has 0 aromatic heterocycles. The second-order valence-electron chi connectivity index (χ2n) is 8.01. The zero-order valence-corrected chi connectivity index (χ0v) is 17.1. The molecule has 0 heterocycles. The molecule has 9 heteroatoms. The van der Waals surface area contributed by atoms with Gasteiger partial charge < -0.3 is 15.3 Å². The molecule has 1 aliphatic rings. The number of methoxy groups -OCH3 is 1. The third-order valence-electron chi connectivity index (χ3n) is 6.08. The van der Waals surface area contributed by atoms with Gasteiger partial charge in [-0.1, -0.05) is 20.8 Å². The fourth-order valence-electron chi connectivity index (χ4n) is 3.98. The van der Waals surface area contributed by atoms with Gasteiger partial charge in [-0.05, 0) is 60.1 Å². The fourth-order valence-corrected chi connectivity index (χ4v) is 3.98. The predicted octanol–water partition coefficient (Wildman–Crippen LogP) is 3.11. The number of carbonyl (C=O) groups is 1. The maximum Gasteiger partial charge on any atom is 0.471 e. The molecule has 0 spiro atoms. The summed E-state index contributed by atoms with van der Waals surface area (Å²) in [6.07, 6.45) is -2.84. The van der Waals surface area contributed by atoms with E-state index in [1.807, 2.05) is 5.32 Å². The van der Waals surface area contributed by atoms with Gasteiger partial charge in [0.15, 0.2) is 5.75 Å². The van der Waals surface area contributed by atoms with Crippen LogP contribution in [0.15, 0.2) is 12.1 Å². The normalized spacial score (nSPS) is 21.4. The number of nitrogens with one attached hydrogen (secondary N) is 2. The summed E-state index contributed by atoms with van der Waals surface area (Å²) in [5.41, 5.74) is 1.57. The Morgan fingerprint density at radius 3 is 2.45 bits per heavy atom. The van der Waals surface area contributed by atoms with Crippen LogP contribution in [0.3, 0.4) is 0 Å². The van der Waals surface area contributed by atoms with Crippen LogP contribution in [0.1, 0.15) is 50.7 Å². The molecule has 6 nitrogen and oxygen atoms in total. The minimum Gasteiger partial charge on any atom is -0.595 e. The number of hydrogen-bond acceptors (Lipinski definition) is 4. The Kier molecular flexibility index (Phi) is 7.53. The van der Waals surface area contributed by atoms with Gasteiger partial charge >= 0.3 is 12.1 Å². The number of ether oxygens (including phenoxy) is 1. The maximum atomic E-state index is 12.4. The number of rotatable bonds is 8. The lowest BCUT2D eigenvalue weighted by Gasteiger charge is -2.43. The van der Waals surface area contributed by atoms with Gasteiger partial charge in [-0.25, -0.2) is 5.21 Å². The van der Waals surface area contributed by atoms with Crippen LogP contribution >= 0.6 is 0 Å². The van der Waals surface area contributed by atoms with Crippen LogP contribution in [-0.2, 0) is 11.2 Å². The van der Waals surface area contributed by atoms with E-state index in [1.54, 1.807) is 12.1 Å². The highest BCUT2D eigenvalue weighted by molar-refractivity contribution is 5.81. The monoisotopic (exact) mass is 418 g/mol. The molecule has 0 bridgehead atoms. The van der Waals surface area contributed by atoms with Crippen LogP contribution in [0.5, 0.6) is 5.75 Å². The molecule has 1 amide bonds. The summed E-state index contributed by atoms with van der Waals surface area (Å²) in [6.45, 7) is 6.26. The molecule has 3 N–H and O–H groups in total. The van der Waals surface area contributed by atoms with Crippen LogP contribution in [0.2, 0.25) is 0 Å². The molecule has 4 atom stereocenters. The van der Waals surface area contributed by atoms with E-state index in [-0.39, 0.29) is 30.3 Å². The van der Waals surface area contributed by atoms with Crippen molar-refractivity contribution in [1.29, 1.82) is 0 Å². The second-order valence-corrected chi connectivity index (χ2v) is 8.01. The Morgan fingerprint density at radius 2 is 2.00 bits per heavy atom. The van der Waals surface area contributed by atoms with Gasteiger partial charge in [-0.2, -0.15) is 18.4 Å². The van der Waals surface area contributed by atoms with Crippen molar-refractivity contribution >= 4 is 11.6 Å². The molecular weight excluding hydrogens is 389 g/mol. The molecule has 1 aromatic rings. The first-order valence-electron chi connectivity index (χ1n) is 9.76. The lowest BCUT2D eigenvalue weighted by molar-refractivity contribution is -0.991. The fraction of sp³-hybridized carbons (Fsp3) is 0.650. The summed E-state index contributed by atoms with van der Waals surface area (Å²) < 4.78 is 42.5. The third kappa shape index (κ3) is 5.40. The van der Waals surface area contributed by atoms with Crippen molar-refractivity contribution in [3.8, 4) is 5.75 Å². The highest BCUT2D eigenvalue weighted by Gasteiger charge is 2.40. The van der Waals surface area contributed by atoms with Gasteiger partial charge in [-0.15, -0.1) is 0 Å². The van der Waals surface area contributed by atoms with Crippen molar-refractivity contribution in [2.45, 2.75) is 52.1 Å². The van der Waals surface area contributed by atoms with Crippen molar-refractivity contribution in [2.24, 2.45) is 17.8 Å². The van der Waals surface area contributed by atoms with E-state index in [1.165, 1.54) is 7.11 Å². The summed E-state index contributed by atoms with van der Waals surface area (Å²) in [7, 11) is 1.35. The van der Waals surface area contributed by atoms with Crippen LogP contribution in [0, 0.1) is 23.0 Å². The summed E-state index contributed by atoms with van der Waals surface area (Å²) >= 11 is 0. The zero-order chi connectivity index (χ0) is 21.9. The first-order valence-corrected chi connectivity index (χ1v) is 9.76. The Morgan fingerprint density at radius 1 is 1.34 bits per heavy atom. The topological polar surface area (TPSA) is 86.1 Å². The summed E-state index contributed by atoms with van der Waals surface area (Å²) in [5.74, 6) is -0.399. The van der Waals surface area contributed by atoms with Crippen molar-refractivity contribution in [3.05, 3.63) is 28.5 Å². The number of carbonyl (C=O) groups excluding carboxylic acids is 1. The van der Waals surface area contributed by atoms with E-state index < -0.39 is 17.3 Å². The smallest absolute Gasteiger partial charge is 0.471 e. The number of amides is 1. The minimum atomic E-state index is -4.93. The first kappa shape index (κ1) is 23.4. The molecule has 1 fully saturated rings. The lowest BCUT2D eigenvalue weighted by atomic mass is 9.61. The second kappa shape index (κ2) is 9.32.